The molecule has 204 valence electrons. The van der Waals surface area contributed by atoms with Crippen molar-refractivity contribution in [1.29, 1.82) is 0 Å². The topological polar surface area (TPSA) is 110 Å². The van der Waals surface area contributed by atoms with Crippen LogP contribution in [0.4, 0.5) is 22.0 Å². The van der Waals surface area contributed by atoms with Crippen molar-refractivity contribution in [2.75, 3.05) is 19.7 Å². The Kier molecular flexibility index (Phi) is 8.41. The molecule has 2 aromatic carbocycles. The molecule has 0 aliphatic carbocycles. The third kappa shape index (κ3) is 5.84. The van der Waals surface area contributed by atoms with Gasteiger partial charge in [0.25, 0.3) is 0 Å². The van der Waals surface area contributed by atoms with Gasteiger partial charge in [-0.1, -0.05) is 18.5 Å². The lowest BCUT2D eigenvalue weighted by Gasteiger charge is -2.40. The molecule has 1 aliphatic rings. The Balaban J connectivity index is 2.12. The second kappa shape index (κ2) is 10.7. The van der Waals surface area contributed by atoms with Gasteiger partial charge in [0, 0.05) is 11.6 Å². The van der Waals surface area contributed by atoms with Crippen LogP contribution in [0.15, 0.2) is 41.3 Å². The summed E-state index contributed by atoms with van der Waals surface area (Å²) in [4.78, 5) is 13.3. The summed E-state index contributed by atoms with van der Waals surface area (Å²) in [5.74, 6) is -4.16. The van der Waals surface area contributed by atoms with Gasteiger partial charge in [0.2, 0.25) is 5.91 Å². The van der Waals surface area contributed by atoms with Crippen LogP contribution in [0.2, 0.25) is 5.02 Å². The van der Waals surface area contributed by atoms with Gasteiger partial charge >= 0.3 is 15.5 Å². The van der Waals surface area contributed by atoms with Crippen molar-refractivity contribution >= 4 is 37.4 Å². The molecule has 2 aromatic rings. The van der Waals surface area contributed by atoms with E-state index in [1.807, 2.05) is 0 Å². The molecule has 1 heterocycles. The molecule has 1 amide bonds. The molecule has 1 N–H and O–H groups in total. The fourth-order valence-electron chi connectivity index (χ4n) is 3.85. The van der Waals surface area contributed by atoms with E-state index in [2.05, 4.69) is 0 Å². The standard InChI is InChI=1S/C21H20ClF5N2O6S2/c1-2-9-29(17(30)10-28-37(33,34)21(25,26)27)16-11-35-19-15(24)8-7-14(23)18(19)20(16)36(31,32)13-5-3-12(22)4-6-13/h3-8,16,20,28H,2,9-11H2,1H3/t16-,20+/m0/s1. The summed E-state index contributed by atoms with van der Waals surface area (Å²) < 4.78 is 124. The summed E-state index contributed by atoms with van der Waals surface area (Å²) in [7, 11) is -10.5. The van der Waals surface area contributed by atoms with Crippen LogP contribution in [-0.4, -0.2) is 58.9 Å². The predicted molar refractivity (Wildman–Crippen MR) is 122 cm³/mol. The number of amides is 1. The van der Waals surface area contributed by atoms with E-state index in [-0.39, 0.29) is 22.9 Å². The van der Waals surface area contributed by atoms with E-state index >= 15 is 4.39 Å². The normalized spacial score (nSPS) is 18.1. The fraction of sp³-hybridized carbons (Fsp3) is 0.381. The van der Waals surface area contributed by atoms with Gasteiger partial charge in [-0.15, -0.1) is 0 Å². The first kappa shape index (κ1) is 29.1. The maximum atomic E-state index is 15.0. The van der Waals surface area contributed by atoms with Crippen LogP contribution in [0.1, 0.15) is 24.2 Å². The highest BCUT2D eigenvalue weighted by atomic mass is 35.5. The van der Waals surface area contributed by atoms with Crippen LogP contribution in [0.25, 0.3) is 0 Å². The van der Waals surface area contributed by atoms with Crippen molar-refractivity contribution in [2.24, 2.45) is 0 Å². The average Bonchev–Trinajstić information content (AvgIpc) is 2.82. The summed E-state index contributed by atoms with van der Waals surface area (Å²) in [6.45, 7) is -0.757. The molecule has 37 heavy (non-hydrogen) atoms. The molecule has 0 saturated carbocycles. The number of halogens is 6. The molecule has 0 saturated heterocycles. The van der Waals surface area contributed by atoms with Crippen molar-refractivity contribution in [3.63, 3.8) is 0 Å². The highest BCUT2D eigenvalue weighted by Gasteiger charge is 2.49. The number of carbonyl (C=O) groups excluding carboxylic acids is 1. The highest BCUT2D eigenvalue weighted by Crippen LogP contribution is 2.45. The van der Waals surface area contributed by atoms with Crippen molar-refractivity contribution in [1.82, 2.24) is 9.62 Å². The number of nitrogens with zero attached hydrogens (tertiary/aromatic N) is 1. The predicted octanol–water partition coefficient (Wildman–Crippen LogP) is 3.57. The van der Waals surface area contributed by atoms with Crippen molar-refractivity contribution < 1.29 is 48.3 Å². The highest BCUT2D eigenvalue weighted by molar-refractivity contribution is 7.91. The molecule has 0 fully saturated rings. The van der Waals surface area contributed by atoms with Gasteiger partial charge < -0.3 is 9.64 Å². The molecule has 16 heteroatoms. The van der Waals surface area contributed by atoms with Crippen molar-refractivity contribution in [2.45, 2.75) is 35.0 Å². The number of carbonyl (C=O) groups is 1. The first-order valence-electron chi connectivity index (χ1n) is 10.6. The van der Waals surface area contributed by atoms with Crippen LogP contribution in [0.3, 0.4) is 0 Å². The Hall–Kier alpha value is -2.49. The van der Waals surface area contributed by atoms with Gasteiger partial charge in [-0.3, -0.25) is 4.79 Å². The van der Waals surface area contributed by atoms with Gasteiger partial charge in [0.15, 0.2) is 21.4 Å². The Bertz CT molecular complexity index is 1390. The van der Waals surface area contributed by atoms with E-state index < -0.39 is 78.7 Å². The van der Waals surface area contributed by atoms with Crippen LogP contribution >= 0.6 is 11.6 Å². The SMILES string of the molecule is CCCN(C(=O)CNS(=O)(=O)C(F)(F)F)[C@H]1COc2c(F)ccc(F)c2[C@@H]1S(=O)(=O)c1ccc(Cl)cc1. The lowest BCUT2D eigenvalue weighted by atomic mass is 9.99. The average molecular weight is 591 g/mol. The Morgan fingerprint density at radius 3 is 2.24 bits per heavy atom. The molecular weight excluding hydrogens is 571 g/mol. The Labute approximate surface area is 214 Å². The zero-order valence-electron chi connectivity index (χ0n) is 18.9. The summed E-state index contributed by atoms with van der Waals surface area (Å²) in [5.41, 5.74) is -6.41. The third-order valence-electron chi connectivity index (χ3n) is 5.51. The molecule has 0 bridgehead atoms. The van der Waals surface area contributed by atoms with Crippen LogP contribution in [0, 0.1) is 11.6 Å². The van der Waals surface area contributed by atoms with Crippen molar-refractivity contribution in [3.8, 4) is 5.75 Å². The number of alkyl halides is 3. The molecule has 0 radical (unpaired) electrons. The van der Waals surface area contributed by atoms with E-state index in [4.69, 9.17) is 16.3 Å². The number of sulfone groups is 1. The maximum absolute atomic E-state index is 15.0. The summed E-state index contributed by atoms with van der Waals surface area (Å²) in [6.07, 6.45) is 0.153. The number of fused-ring (bicyclic) bond motifs is 1. The number of hydrogen-bond donors (Lipinski definition) is 1. The number of ether oxygens (including phenoxy) is 1. The zero-order valence-corrected chi connectivity index (χ0v) is 21.3. The molecule has 0 aromatic heterocycles. The monoisotopic (exact) mass is 590 g/mol. The Morgan fingerprint density at radius 2 is 1.68 bits per heavy atom. The Morgan fingerprint density at radius 1 is 1.08 bits per heavy atom. The molecule has 0 spiro atoms. The number of benzene rings is 2. The minimum absolute atomic E-state index is 0.153. The molecule has 0 unspecified atom stereocenters. The largest absolute Gasteiger partial charge is 0.511 e. The van der Waals surface area contributed by atoms with Gasteiger partial charge in [0.1, 0.15) is 17.7 Å². The first-order valence-corrected chi connectivity index (χ1v) is 14.0. The van der Waals surface area contributed by atoms with E-state index in [1.165, 1.54) is 12.1 Å². The smallest absolute Gasteiger partial charge is 0.488 e. The summed E-state index contributed by atoms with van der Waals surface area (Å²) in [5, 5.41) is -1.78. The van der Waals surface area contributed by atoms with E-state index in [9.17, 15) is 39.2 Å². The molecule has 8 nitrogen and oxygen atoms in total. The molecule has 2 atom stereocenters. The molecular formula is C21H20ClF5N2O6S2. The molecule has 3 rings (SSSR count). The molecule has 1 aliphatic heterocycles. The second-order valence-corrected chi connectivity index (χ2v) is 12.2. The zero-order chi connectivity index (χ0) is 27.8. The lowest BCUT2D eigenvalue weighted by Crippen LogP contribution is -2.54. The number of hydrogen-bond acceptors (Lipinski definition) is 6. The van der Waals surface area contributed by atoms with E-state index in [1.54, 1.807) is 6.92 Å². The van der Waals surface area contributed by atoms with Gasteiger partial charge in [-0.05, 0) is 42.8 Å². The van der Waals surface area contributed by atoms with Gasteiger partial charge in [0.05, 0.1) is 23.0 Å². The van der Waals surface area contributed by atoms with Crippen LogP contribution in [0.5, 0.6) is 5.75 Å². The third-order valence-corrected chi connectivity index (χ3v) is 9.04. The minimum atomic E-state index is -5.89. The van der Waals surface area contributed by atoms with E-state index in [0.29, 0.717) is 6.07 Å². The number of nitrogens with one attached hydrogen (secondary N) is 1. The van der Waals surface area contributed by atoms with E-state index in [0.717, 1.165) is 27.8 Å². The van der Waals surface area contributed by atoms with Crippen LogP contribution < -0.4 is 9.46 Å². The van der Waals surface area contributed by atoms with Gasteiger partial charge in [-0.2, -0.15) is 17.9 Å². The minimum Gasteiger partial charge on any atom is -0.488 e. The van der Waals surface area contributed by atoms with Crippen LogP contribution in [-0.2, 0) is 24.7 Å². The maximum Gasteiger partial charge on any atom is 0.511 e. The second-order valence-electron chi connectivity index (χ2n) is 7.93. The quantitative estimate of drug-likeness (QED) is 0.471. The van der Waals surface area contributed by atoms with Crippen molar-refractivity contribution in [3.05, 3.63) is 58.6 Å². The summed E-state index contributed by atoms with van der Waals surface area (Å²) >= 11 is 5.83. The van der Waals surface area contributed by atoms with Gasteiger partial charge in [-0.25, -0.2) is 25.6 Å². The fourth-order valence-corrected chi connectivity index (χ4v) is 6.43. The first-order chi connectivity index (χ1) is 17.1. The summed E-state index contributed by atoms with van der Waals surface area (Å²) in [6, 6.07) is 4.55. The number of rotatable bonds is 8. The number of sulfonamides is 1. The lowest BCUT2D eigenvalue weighted by molar-refractivity contribution is -0.133.